The van der Waals surface area contributed by atoms with E-state index in [0.29, 0.717) is 19.3 Å². The first-order valence-corrected chi connectivity index (χ1v) is 34.2. The standard InChI is InChI=1S/C76H126O6/c1-4-7-10-13-16-19-22-25-28-31-33-35-36-37-38-39-40-41-43-45-48-51-54-57-60-63-66-69-75(78)81-72-73(71-80-74(77)68-65-62-59-56-53-50-47-44-30-27-24-21-18-15-12-9-6-3)82-76(79)70-67-64-61-58-55-52-49-46-42-34-32-29-26-23-20-17-14-11-8-5-2/h7,9-10,12,16,18-19,21,25,27-28,30,33,35,37-38,40-41,47,50,56,59,73H,4-6,8,11,13-15,17,20,22-24,26,29,31-32,34,36,39,42-46,48-49,51-55,57-58,60-72H2,1-3H3/b10-7-,12-9-,19-16-,21-18-,28-25-,30-27-,35-33-,38-37-,41-40-,50-47-,59-56-. The second-order valence-corrected chi connectivity index (χ2v) is 22.3. The molecule has 6 heteroatoms. The summed E-state index contributed by atoms with van der Waals surface area (Å²) in [5.41, 5.74) is 0. The molecule has 0 rings (SSSR count). The van der Waals surface area contributed by atoms with Gasteiger partial charge in [-0.2, -0.15) is 0 Å². The van der Waals surface area contributed by atoms with Crippen LogP contribution in [0, 0.1) is 0 Å². The Labute approximate surface area is 506 Å². The Morgan fingerprint density at radius 3 is 0.793 bits per heavy atom. The van der Waals surface area contributed by atoms with E-state index in [4.69, 9.17) is 14.2 Å². The zero-order chi connectivity index (χ0) is 59.2. The number of esters is 3. The third-order valence-corrected chi connectivity index (χ3v) is 14.4. The average Bonchev–Trinajstić information content (AvgIpc) is 3.47. The van der Waals surface area contributed by atoms with Crippen molar-refractivity contribution in [2.24, 2.45) is 0 Å². The van der Waals surface area contributed by atoms with Gasteiger partial charge in [-0.1, -0.05) is 315 Å². The van der Waals surface area contributed by atoms with Gasteiger partial charge < -0.3 is 14.2 Å². The smallest absolute Gasteiger partial charge is 0.306 e. The molecule has 0 aliphatic rings. The lowest BCUT2D eigenvalue weighted by Crippen LogP contribution is -2.30. The number of hydrogen-bond acceptors (Lipinski definition) is 6. The zero-order valence-electron chi connectivity index (χ0n) is 53.5. The Morgan fingerprint density at radius 2 is 0.488 bits per heavy atom. The van der Waals surface area contributed by atoms with Crippen LogP contribution in [0.5, 0.6) is 0 Å². The highest BCUT2D eigenvalue weighted by Gasteiger charge is 2.19. The van der Waals surface area contributed by atoms with Gasteiger partial charge in [0.05, 0.1) is 0 Å². The molecule has 0 heterocycles. The highest BCUT2D eigenvalue weighted by molar-refractivity contribution is 5.71. The molecular weight excluding hydrogens is 1010 g/mol. The van der Waals surface area contributed by atoms with E-state index in [2.05, 4.69) is 154 Å². The predicted molar refractivity (Wildman–Crippen MR) is 357 cm³/mol. The maximum atomic E-state index is 13.0. The Hall–Kier alpha value is -4.45. The van der Waals surface area contributed by atoms with E-state index < -0.39 is 6.10 Å². The van der Waals surface area contributed by atoms with E-state index in [1.807, 2.05) is 0 Å². The maximum absolute atomic E-state index is 13.0. The molecule has 0 radical (unpaired) electrons. The number of ether oxygens (including phenoxy) is 3. The van der Waals surface area contributed by atoms with E-state index in [9.17, 15) is 14.4 Å². The van der Waals surface area contributed by atoms with Gasteiger partial charge in [0.25, 0.3) is 0 Å². The van der Waals surface area contributed by atoms with Crippen LogP contribution in [0.25, 0.3) is 0 Å². The fraction of sp³-hybridized carbons (Fsp3) is 0.671. The van der Waals surface area contributed by atoms with E-state index >= 15 is 0 Å². The van der Waals surface area contributed by atoms with Gasteiger partial charge in [0, 0.05) is 19.3 Å². The van der Waals surface area contributed by atoms with E-state index in [0.717, 1.165) is 122 Å². The van der Waals surface area contributed by atoms with Gasteiger partial charge in [0.1, 0.15) is 13.2 Å². The molecule has 0 aromatic rings. The van der Waals surface area contributed by atoms with Crippen LogP contribution in [-0.2, 0) is 28.6 Å². The van der Waals surface area contributed by atoms with Gasteiger partial charge in [-0.25, -0.2) is 0 Å². The molecule has 0 saturated carbocycles. The SMILES string of the molecule is CC/C=C\C/C=C\C/C=C\C/C=C\C/C=C\C/C=C\CCCCCCCCCCC(=O)OCC(COC(=O)CCC/C=C\C/C=C\C/C=C\C/C=C\C/C=C\CC)OC(=O)CCCCCCCCCCCCCCCCCCCCCC. The molecular formula is C76H126O6. The summed E-state index contributed by atoms with van der Waals surface area (Å²) >= 11 is 0. The van der Waals surface area contributed by atoms with Crippen molar-refractivity contribution in [3.63, 3.8) is 0 Å². The molecule has 0 spiro atoms. The summed E-state index contributed by atoms with van der Waals surface area (Å²) in [7, 11) is 0. The summed E-state index contributed by atoms with van der Waals surface area (Å²) in [6.45, 7) is 6.39. The van der Waals surface area contributed by atoms with Crippen LogP contribution in [0.3, 0.4) is 0 Å². The molecule has 1 unspecified atom stereocenters. The summed E-state index contributed by atoms with van der Waals surface area (Å²) in [6.07, 6.45) is 97.6. The van der Waals surface area contributed by atoms with Crippen molar-refractivity contribution >= 4 is 17.9 Å². The highest BCUT2D eigenvalue weighted by atomic mass is 16.6. The third kappa shape index (κ3) is 66.4. The minimum atomic E-state index is -0.809. The monoisotopic (exact) mass is 1130 g/mol. The van der Waals surface area contributed by atoms with Crippen molar-refractivity contribution in [2.45, 2.75) is 316 Å². The summed E-state index contributed by atoms with van der Waals surface area (Å²) < 4.78 is 16.9. The predicted octanol–water partition coefficient (Wildman–Crippen LogP) is 23.7. The van der Waals surface area contributed by atoms with Crippen LogP contribution < -0.4 is 0 Å². The summed E-state index contributed by atoms with van der Waals surface area (Å²) in [5, 5.41) is 0. The van der Waals surface area contributed by atoms with Gasteiger partial charge in [-0.15, -0.1) is 0 Å². The molecule has 0 bridgehead atoms. The second kappa shape index (κ2) is 69.0. The lowest BCUT2D eigenvalue weighted by atomic mass is 10.0. The van der Waals surface area contributed by atoms with E-state index in [1.165, 1.54) is 141 Å². The van der Waals surface area contributed by atoms with Gasteiger partial charge in [-0.05, 0) is 109 Å². The molecule has 82 heavy (non-hydrogen) atoms. The second-order valence-electron chi connectivity index (χ2n) is 22.3. The minimum absolute atomic E-state index is 0.101. The van der Waals surface area contributed by atoms with Crippen molar-refractivity contribution in [3.8, 4) is 0 Å². The van der Waals surface area contributed by atoms with Crippen LogP contribution in [0.1, 0.15) is 310 Å². The first kappa shape index (κ1) is 77.5. The molecule has 0 aliphatic heterocycles. The van der Waals surface area contributed by atoms with Crippen molar-refractivity contribution < 1.29 is 28.6 Å². The molecule has 0 amide bonds. The molecule has 0 aliphatic carbocycles. The molecule has 6 nitrogen and oxygen atoms in total. The van der Waals surface area contributed by atoms with Crippen LogP contribution in [0.4, 0.5) is 0 Å². The van der Waals surface area contributed by atoms with Crippen molar-refractivity contribution in [1.82, 2.24) is 0 Å². The lowest BCUT2D eigenvalue weighted by molar-refractivity contribution is -0.167. The molecule has 466 valence electrons. The van der Waals surface area contributed by atoms with Gasteiger partial charge in [-0.3, -0.25) is 14.4 Å². The van der Waals surface area contributed by atoms with Crippen LogP contribution >= 0.6 is 0 Å². The quantitative estimate of drug-likeness (QED) is 0.0261. The van der Waals surface area contributed by atoms with Crippen molar-refractivity contribution in [2.75, 3.05) is 13.2 Å². The highest BCUT2D eigenvalue weighted by Crippen LogP contribution is 2.17. The van der Waals surface area contributed by atoms with Crippen LogP contribution in [0.2, 0.25) is 0 Å². The molecule has 0 fully saturated rings. The molecule has 0 saturated heterocycles. The Morgan fingerprint density at radius 1 is 0.256 bits per heavy atom. The number of carbonyl (C=O) groups is 3. The van der Waals surface area contributed by atoms with Gasteiger partial charge in [0.15, 0.2) is 6.10 Å². The summed E-state index contributed by atoms with van der Waals surface area (Å²) in [5.74, 6) is -0.960. The minimum Gasteiger partial charge on any atom is -0.462 e. The van der Waals surface area contributed by atoms with Crippen LogP contribution in [0.15, 0.2) is 134 Å². The number of rotatable bonds is 61. The molecule has 0 N–H and O–H groups in total. The number of hydrogen-bond donors (Lipinski definition) is 0. The van der Waals surface area contributed by atoms with Crippen molar-refractivity contribution in [3.05, 3.63) is 134 Å². The molecule has 0 aromatic heterocycles. The largest absolute Gasteiger partial charge is 0.462 e. The van der Waals surface area contributed by atoms with Gasteiger partial charge >= 0.3 is 17.9 Å². The Bertz CT molecular complexity index is 1730. The maximum Gasteiger partial charge on any atom is 0.306 e. The normalized spacial score (nSPS) is 13.0. The third-order valence-electron chi connectivity index (χ3n) is 14.4. The van der Waals surface area contributed by atoms with Crippen LogP contribution in [-0.4, -0.2) is 37.2 Å². The summed E-state index contributed by atoms with van der Waals surface area (Å²) in [6, 6.07) is 0. The van der Waals surface area contributed by atoms with Crippen molar-refractivity contribution in [1.29, 1.82) is 0 Å². The first-order valence-electron chi connectivity index (χ1n) is 34.2. The Kier molecular flexibility index (Phi) is 65.3. The number of unbranched alkanes of at least 4 members (excludes halogenated alkanes) is 28. The Balaban J connectivity index is 4.43. The lowest BCUT2D eigenvalue weighted by Gasteiger charge is -2.18. The average molecular weight is 1140 g/mol. The van der Waals surface area contributed by atoms with E-state index in [1.54, 1.807) is 0 Å². The fourth-order valence-electron chi connectivity index (χ4n) is 9.37. The summed E-state index contributed by atoms with van der Waals surface area (Å²) in [4.78, 5) is 38.4. The topological polar surface area (TPSA) is 78.9 Å². The molecule has 0 aromatic carbocycles. The molecule has 1 atom stereocenters. The zero-order valence-corrected chi connectivity index (χ0v) is 53.5. The van der Waals surface area contributed by atoms with Gasteiger partial charge in [0.2, 0.25) is 0 Å². The first-order chi connectivity index (χ1) is 40.5. The number of carbonyl (C=O) groups excluding carboxylic acids is 3. The van der Waals surface area contributed by atoms with E-state index in [-0.39, 0.29) is 37.5 Å². The fourth-order valence-corrected chi connectivity index (χ4v) is 9.37. The number of allylic oxidation sites excluding steroid dienone is 22.